The fourth-order valence-corrected chi connectivity index (χ4v) is 4.14. The van der Waals surface area contributed by atoms with E-state index in [-0.39, 0.29) is 23.2 Å². The molecule has 1 amide bonds. The Morgan fingerprint density at radius 1 is 1.43 bits per heavy atom. The molecule has 152 valence electrons. The molecule has 3 rings (SSSR count). The largest absolute Gasteiger partial charge is 0.465 e. The van der Waals surface area contributed by atoms with Gasteiger partial charge in [-0.2, -0.15) is 0 Å². The Balaban J connectivity index is 2.16. The Morgan fingerprint density at radius 3 is 2.75 bits per heavy atom. The van der Waals surface area contributed by atoms with Gasteiger partial charge in [-0.15, -0.1) is 0 Å². The summed E-state index contributed by atoms with van der Waals surface area (Å²) < 4.78 is 1.69. The summed E-state index contributed by atoms with van der Waals surface area (Å²) in [6.07, 6.45) is 3.74. The Labute approximate surface area is 163 Å². The van der Waals surface area contributed by atoms with Crippen molar-refractivity contribution in [1.82, 2.24) is 24.3 Å². The number of hydrogen-bond acceptors (Lipinski definition) is 4. The Kier molecular flexibility index (Phi) is 5.18. The van der Waals surface area contributed by atoms with Crippen LogP contribution in [0.5, 0.6) is 0 Å². The maximum Gasteiger partial charge on any atom is 0.407 e. The van der Waals surface area contributed by atoms with E-state index in [0.717, 1.165) is 6.42 Å². The van der Waals surface area contributed by atoms with E-state index >= 15 is 0 Å². The number of H-pyrrole nitrogens is 1. The van der Waals surface area contributed by atoms with Crippen molar-refractivity contribution in [3.05, 3.63) is 22.7 Å². The molecular weight excluding hydrogens is 360 g/mol. The Hall–Kier alpha value is -2.84. The van der Waals surface area contributed by atoms with Crippen molar-refractivity contribution in [3.8, 4) is 0 Å². The summed E-state index contributed by atoms with van der Waals surface area (Å²) in [6.45, 7) is 6.52. The molecule has 1 aliphatic heterocycles. The van der Waals surface area contributed by atoms with Crippen LogP contribution in [0.3, 0.4) is 0 Å². The zero-order chi connectivity index (χ0) is 20.6. The molecule has 1 saturated heterocycles. The lowest BCUT2D eigenvalue weighted by Gasteiger charge is -2.47. The minimum atomic E-state index is -0.949. The van der Waals surface area contributed by atoms with E-state index in [2.05, 4.69) is 15.0 Å². The molecule has 2 N–H and O–H groups in total. The van der Waals surface area contributed by atoms with E-state index < -0.39 is 6.09 Å². The molecule has 9 heteroatoms. The lowest BCUT2D eigenvalue weighted by atomic mass is 9.77. The molecule has 2 unspecified atom stereocenters. The van der Waals surface area contributed by atoms with Gasteiger partial charge >= 0.3 is 11.8 Å². The number of nitrogens with zero attached hydrogens (tertiary/aromatic N) is 5. The summed E-state index contributed by atoms with van der Waals surface area (Å²) >= 11 is 0. The van der Waals surface area contributed by atoms with Crippen LogP contribution >= 0.6 is 0 Å². The van der Waals surface area contributed by atoms with Crippen molar-refractivity contribution in [3.63, 3.8) is 0 Å². The zero-order valence-corrected chi connectivity index (χ0v) is 17.0. The first kappa shape index (κ1) is 19.9. The van der Waals surface area contributed by atoms with E-state index in [0.29, 0.717) is 29.8 Å². The number of likely N-dealkylation sites (tertiary alicyclic amines) is 1. The van der Waals surface area contributed by atoms with Gasteiger partial charge in [-0.1, -0.05) is 20.8 Å². The van der Waals surface area contributed by atoms with Gasteiger partial charge in [-0.3, -0.25) is 4.57 Å². The number of carboxylic acid groups (broad SMARTS) is 1. The van der Waals surface area contributed by atoms with Gasteiger partial charge in [0.15, 0.2) is 5.82 Å². The molecule has 2 atom stereocenters. The molecule has 2 aromatic heterocycles. The highest BCUT2D eigenvalue weighted by Crippen LogP contribution is 2.39. The van der Waals surface area contributed by atoms with Gasteiger partial charge in [-0.25, -0.2) is 19.6 Å². The summed E-state index contributed by atoms with van der Waals surface area (Å²) in [7, 11) is 3.71. The molecule has 0 radical (unpaired) electrons. The van der Waals surface area contributed by atoms with Crippen molar-refractivity contribution in [2.75, 3.05) is 20.6 Å². The zero-order valence-electron chi connectivity index (χ0n) is 17.0. The number of carbonyl (C=O) groups is 1. The fourth-order valence-electron chi connectivity index (χ4n) is 4.14. The summed E-state index contributed by atoms with van der Waals surface area (Å²) in [5.41, 5.74) is 0.657. The summed E-state index contributed by atoms with van der Waals surface area (Å²) in [6, 6.07) is 1.19. The third-order valence-corrected chi connectivity index (χ3v) is 5.09. The molecule has 0 aliphatic carbocycles. The highest BCUT2D eigenvalue weighted by atomic mass is 16.4. The average molecular weight is 388 g/mol. The van der Waals surface area contributed by atoms with Crippen LogP contribution in [0, 0.1) is 5.41 Å². The predicted molar refractivity (Wildman–Crippen MR) is 108 cm³/mol. The third kappa shape index (κ3) is 3.61. The van der Waals surface area contributed by atoms with Crippen LogP contribution in [-0.2, 0) is 0 Å². The first-order valence-corrected chi connectivity index (χ1v) is 9.40. The number of hydrogen-bond donors (Lipinski definition) is 2. The second-order valence-electron chi connectivity index (χ2n) is 8.53. The first-order chi connectivity index (χ1) is 13.1. The van der Waals surface area contributed by atoms with E-state index in [1.165, 1.54) is 4.90 Å². The Bertz CT molecular complexity index is 953. The molecule has 28 heavy (non-hydrogen) atoms. The summed E-state index contributed by atoms with van der Waals surface area (Å²) in [5, 5.41) is 9.73. The van der Waals surface area contributed by atoms with Gasteiger partial charge in [0.1, 0.15) is 5.52 Å². The highest BCUT2D eigenvalue weighted by Gasteiger charge is 2.43. The summed E-state index contributed by atoms with van der Waals surface area (Å²) in [4.78, 5) is 39.6. The highest BCUT2D eigenvalue weighted by molar-refractivity contribution is 5.86. The first-order valence-electron chi connectivity index (χ1n) is 9.40. The van der Waals surface area contributed by atoms with Crippen LogP contribution in [0.25, 0.3) is 11.0 Å². The molecule has 1 aliphatic rings. The van der Waals surface area contributed by atoms with Gasteiger partial charge in [0.25, 0.3) is 0 Å². The number of pyridine rings is 1. The summed E-state index contributed by atoms with van der Waals surface area (Å²) in [5.74, 6) is 0.431. The van der Waals surface area contributed by atoms with Crippen LogP contribution in [0.2, 0.25) is 0 Å². The number of aromatic amines is 1. The SMILES string of the molecule is CN(C)C=Nc1nccc2c1[nH]c(=O)n2C1CCCN(C(=O)O)C1C(C)(C)C. The van der Waals surface area contributed by atoms with E-state index in [1.54, 1.807) is 28.1 Å². The van der Waals surface area contributed by atoms with Gasteiger partial charge in [0.2, 0.25) is 0 Å². The van der Waals surface area contributed by atoms with Crippen molar-refractivity contribution in [1.29, 1.82) is 0 Å². The maximum atomic E-state index is 12.9. The number of aromatic nitrogens is 3. The number of rotatable bonds is 3. The molecule has 9 nitrogen and oxygen atoms in total. The third-order valence-electron chi connectivity index (χ3n) is 5.09. The molecular formula is C19H28N6O3. The lowest BCUT2D eigenvalue weighted by Crippen LogP contribution is -2.55. The fraction of sp³-hybridized carbons (Fsp3) is 0.579. The van der Waals surface area contributed by atoms with E-state index in [1.807, 2.05) is 34.9 Å². The minimum absolute atomic E-state index is 0.265. The van der Waals surface area contributed by atoms with Crippen LogP contribution in [-0.4, -0.2) is 68.6 Å². The maximum absolute atomic E-state index is 12.9. The topological polar surface area (TPSA) is 107 Å². The van der Waals surface area contributed by atoms with Crippen LogP contribution in [0.15, 0.2) is 22.1 Å². The Morgan fingerprint density at radius 2 is 2.14 bits per heavy atom. The molecule has 2 aromatic rings. The number of amides is 1. The predicted octanol–water partition coefficient (Wildman–Crippen LogP) is 2.68. The number of imidazole rings is 1. The standard InChI is InChI=1S/C19H28N6O3/c1-19(2,3)15-13(7-6-10-24(15)18(27)28)25-12-8-9-20-16(21-11-23(4)5)14(12)22-17(25)26/h8-9,11,13,15H,6-7,10H2,1-5H3,(H,22,26)(H,27,28). The van der Waals surface area contributed by atoms with Crippen LogP contribution in [0.1, 0.15) is 39.7 Å². The van der Waals surface area contributed by atoms with Crippen molar-refractivity contribution in [2.24, 2.45) is 10.4 Å². The smallest absolute Gasteiger partial charge is 0.407 e. The van der Waals surface area contributed by atoms with Crippen LogP contribution < -0.4 is 5.69 Å². The molecule has 0 aromatic carbocycles. The van der Waals surface area contributed by atoms with E-state index in [9.17, 15) is 14.7 Å². The minimum Gasteiger partial charge on any atom is -0.465 e. The lowest BCUT2D eigenvalue weighted by molar-refractivity contribution is 0.0275. The normalized spacial score (nSPS) is 20.8. The second-order valence-corrected chi connectivity index (χ2v) is 8.53. The molecule has 0 saturated carbocycles. The number of aliphatic imine (C=N–C) groups is 1. The average Bonchev–Trinajstić information content (AvgIpc) is 2.94. The quantitative estimate of drug-likeness (QED) is 0.621. The van der Waals surface area contributed by atoms with E-state index in [4.69, 9.17) is 0 Å². The van der Waals surface area contributed by atoms with Crippen molar-refractivity contribution in [2.45, 2.75) is 45.7 Å². The second kappa shape index (κ2) is 7.29. The molecule has 1 fully saturated rings. The number of nitrogens with one attached hydrogen (secondary N) is 1. The van der Waals surface area contributed by atoms with Crippen LogP contribution in [0.4, 0.5) is 10.6 Å². The number of piperidine rings is 1. The van der Waals surface area contributed by atoms with Gasteiger partial charge in [0.05, 0.1) is 23.9 Å². The van der Waals surface area contributed by atoms with Crippen molar-refractivity contribution < 1.29 is 9.90 Å². The molecule has 0 bridgehead atoms. The van der Waals surface area contributed by atoms with Gasteiger partial charge < -0.3 is 19.9 Å². The van der Waals surface area contributed by atoms with Crippen molar-refractivity contribution >= 4 is 29.3 Å². The molecule has 0 spiro atoms. The van der Waals surface area contributed by atoms with Gasteiger partial charge in [-0.05, 0) is 24.3 Å². The number of fused-ring (bicyclic) bond motifs is 1. The monoisotopic (exact) mass is 388 g/mol. The van der Waals surface area contributed by atoms with Gasteiger partial charge in [0, 0.05) is 26.8 Å². The molecule has 3 heterocycles.